The van der Waals surface area contributed by atoms with Crippen LogP contribution in [0.25, 0.3) is 0 Å². The monoisotopic (exact) mass is 385 g/mol. The summed E-state index contributed by atoms with van der Waals surface area (Å²) in [6, 6.07) is 11.2. The van der Waals surface area contributed by atoms with Crippen LogP contribution in [-0.2, 0) is 0 Å². The van der Waals surface area contributed by atoms with Gasteiger partial charge in [0, 0.05) is 43.7 Å². The number of halogens is 1. The summed E-state index contributed by atoms with van der Waals surface area (Å²) in [6.07, 6.45) is 6.06. The second-order valence-electron chi connectivity index (χ2n) is 7.32. The van der Waals surface area contributed by atoms with E-state index in [1.807, 2.05) is 41.3 Å². The Kier molecular flexibility index (Phi) is 5.48. The highest BCUT2D eigenvalue weighted by Crippen LogP contribution is 2.28. The Balaban J connectivity index is 1.26. The number of hydrogen-bond donors (Lipinski definition) is 1. The van der Waals surface area contributed by atoms with Gasteiger partial charge in [-0.3, -0.25) is 4.79 Å². The molecule has 1 N–H and O–H groups in total. The van der Waals surface area contributed by atoms with Crippen molar-refractivity contribution in [2.75, 3.05) is 25.0 Å². The van der Waals surface area contributed by atoms with E-state index in [1.54, 1.807) is 6.20 Å². The first kappa shape index (κ1) is 18.1. The molecular weight excluding hydrogens is 362 g/mol. The van der Waals surface area contributed by atoms with Crippen molar-refractivity contribution >= 4 is 23.3 Å². The summed E-state index contributed by atoms with van der Waals surface area (Å²) in [7, 11) is 0. The predicted octanol–water partition coefficient (Wildman–Crippen LogP) is 4.24. The Morgan fingerprint density at radius 3 is 2.48 bits per heavy atom. The first-order valence-electron chi connectivity index (χ1n) is 9.59. The van der Waals surface area contributed by atoms with Crippen LogP contribution in [0, 0.1) is 5.92 Å². The zero-order valence-corrected chi connectivity index (χ0v) is 16.0. The van der Waals surface area contributed by atoms with Gasteiger partial charge in [0.15, 0.2) is 0 Å². The minimum absolute atomic E-state index is 0.0428. The largest absolute Gasteiger partial charge is 0.490 e. The molecule has 1 amide bonds. The maximum absolute atomic E-state index is 12.7. The molecule has 1 aromatic heterocycles. The van der Waals surface area contributed by atoms with Gasteiger partial charge in [0.1, 0.15) is 17.7 Å². The SMILES string of the molecule is O=C(c1ccc(NCC2CC2)nc1)N1CCC(Oc2ccc(Cl)cc2)CC1. The van der Waals surface area contributed by atoms with Crippen LogP contribution in [0.5, 0.6) is 5.75 Å². The second-order valence-corrected chi connectivity index (χ2v) is 7.76. The Morgan fingerprint density at radius 2 is 1.85 bits per heavy atom. The Hall–Kier alpha value is -2.27. The van der Waals surface area contributed by atoms with Crippen LogP contribution in [-0.4, -0.2) is 41.5 Å². The smallest absolute Gasteiger partial charge is 0.255 e. The Labute approximate surface area is 164 Å². The molecule has 2 heterocycles. The summed E-state index contributed by atoms with van der Waals surface area (Å²) >= 11 is 5.90. The van der Waals surface area contributed by atoms with Crippen molar-refractivity contribution in [3.8, 4) is 5.75 Å². The van der Waals surface area contributed by atoms with Crippen LogP contribution in [0.2, 0.25) is 5.02 Å². The molecule has 6 heteroatoms. The first-order valence-corrected chi connectivity index (χ1v) is 9.96. The number of nitrogens with one attached hydrogen (secondary N) is 1. The number of rotatable bonds is 6. The Morgan fingerprint density at radius 1 is 1.11 bits per heavy atom. The van der Waals surface area contributed by atoms with E-state index in [2.05, 4.69) is 10.3 Å². The lowest BCUT2D eigenvalue weighted by atomic mass is 10.1. The first-order chi connectivity index (χ1) is 13.2. The van der Waals surface area contributed by atoms with Crippen molar-refractivity contribution in [2.24, 2.45) is 5.92 Å². The number of anilines is 1. The molecule has 5 nitrogen and oxygen atoms in total. The van der Waals surface area contributed by atoms with Crippen LogP contribution in [0.4, 0.5) is 5.82 Å². The quantitative estimate of drug-likeness (QED) is 0.808. The van der Waals surface area contributed by atoms with Crippen molar-refractivity contribution in [3.05, 3.63) is 53.2 Å². The van der Waals surface area contributed by atoms with E-state index in [4.69, 9.17) is 16.3 Å². The molecule has 2 aromatic rings. The highest BCUT2D eigenvalue weighted by atomic mass is 35.5. The fourth-order valence-corrected chi connectivity index (χ4v) is 3.39. The van der Waals surface area contributed by atoms with Gasteiger partial charge in [0.05, 0.1) is 5.56 Å². The van der Waals surface area contributed by atoms with Crippen LogP contribution in [0.1, 0.15) is 36.0 Å². The molecule has 0 atom stereocenters. The number of nitrogens with zero attached hydrogens (tertiary/aromatic N) is 2. The molecule has 0 spiro atoms. The topological polar surface area (TPSA) is 54.5 Å². The lowest BCUT2D eigenvalue weighted by molar-refractivity contribution is 0.0595. The summed E-state index contributed by atoms with van der Waals surface area (Å²) in [5.74, 6) is 2.50. The number of likely N-dealkylation sites (tertiary alicyclic amines) is 1. The summed E-state index contributed by atoms with van der Waals surface area (Å²) in [5.41, 5.74) is 0.643. The van der Waals surface area contributed by atoms with Crippen LogP contribution >= 0.6 is 11.6 Å². The molecule has 2 aliphatic rings. The van der Waals surface area contributed by atoms with E-state index < -0.39 is 0 Å². The van der Waals surface area contributed by atoms with Crippen LogP contribution < -0.4 is 10.1 Å². The fraction of sp³-hybridized carbons (Fsp3) is 0.429. The molecule has 0 radical (unpaired) electrons. The number of piperidine rings is 1. The third-order valence-electron chi connectivity index (χ3n) is 5.12. The number of carbonyl (C=O) groups is 1. The molecule has 0 unspecified atom stereocenters. The lowest BCUT2D eigenvalue weighted by Crippen LogP contribution is -2.41. The van der Waals surface area contributed by atoms with Crippen LogP contribution in [0.15, 0.2) is 42.6 Å². The van der Waals surface area contributed by atoms with E-state index in [0.717, 1.165) is 36.9 Å². The number of aromatic nitrogens is 1. The molecule has 1 saturated carbocycles. The predicted molar refractivity (Wildman–Crippen MR) is 106 cm³/mol. The number of amides is 1. The average molecular weight is 386 g/mol. The normalized spacial score (nSPS) is 17.6. The fourth-order valence-electron chi connectivity index (χ4n) is 3.26. The number of ether oxygens (including phenoxy) is 1. The standard InChI is InChI=1S/C21H24ClN3O2/c22-17-4-6-18(7-5-17)27-19-9-11-25(12-10-19)21(26)16-3-8-20(24-14-16)23-13-15-1-2-15/h3-8,14-15,19H,1-2,9-13H2,(H,23,24). The lowest BCUT2D eigenvalue weighted by Gasteiger charge is -2.32. The van der Waals surface area contributed by atoms with Crippen molar-refractivity contribution in [1.29, 1.82) is 0 Å². The maximum atomic E-state index is 12.7. The summed E-state index contributed by atoms with van der Waals surface area (Å²) in [5, 5.41) is 4.02. The van der Waals surface area contributed by atoms with Gasteiger partial charge in [0.2, 0.25) is 0 Å². The van der Waals surface area contributed by atoms with E-state index in [1.165, 1.54) is 12.8 Å². The average Bonchev–Trinajstić information content (AvgIpc) is 3.53. The van der Waals surface area contributed by atoms with Gasteiger partial charge in [0.25, 0.3) is 5.91 Å². The van der Waals surface area contributed by atoms with Gasteiger partial charge in [-0.15, -0.1) is 0 Å². The van der Waals surface area contributed by atoms with Gasteiger partial charge in [-0.1, -0.05) is 11.6 Å². The summed E-state index contributed by atoms with van der Waals surface area (Å²) < 4.78 is 5.99. The number of hydrogen-bond acceptors (Lipinski definition) is 4. The number of carbonyl (C=O) groups excluding carboxylic acids is 1. The minimum Gasteiger partial charge on any atom is -0.490 e. The van der Waals surface area contributed by atoms with Crippen molar-refractivity contribution in [1.82, 2.24) is 9.88 Å². The zero-order valence-electron chi connectivity index (χ0n) is 15.2. The summed E-state index contributed by atoms with van der Waals surface area (Å²) in [4.78, 5) is 19.0. The third-order valence-corrected chi connectivity index (χ3v) is 5.38. The second kappa shape index (κ2) is 8.17. The molecular formula is C21H24ClN3O2. The van der Waals surface area contributed by atoms with Crippen molar-refractivity contribution in [2.45, 2.75) is 31.8 Å². The van der Waals surface area contributed by atoms with Crippen molar-refractivity contribution < 1.29 is 9.53 Å². The van der Waals surface area contributed by atoms with E-state index in [9.17, 15) is 4.79 Å². The van der Waals surface area contributed by atoms with Crippen molar-refractivity contribution in [3.63, 3.8) is 0 Å². The highest BCUT2D eigenvalue weighted by Gasteiger charge is 2.25. The molecule has 4 rings (SSSR count). The van der Waals surface area contributed by atoms with Gasteiger partial charge in [-0.2, -0.15) is 0 Å². The van der Waals surface area contributed by atoms with Gasteiger partial charge in [-0.05, 0) is 55.2 Å². The Bertz CT molecular complexity index is 767. The molecule has 27 heavy (non-hydrogen) atoms. The van der Waals surface area contributed by atoms with Gasteiger partial charge in [-0.25, -0.2) is 4.98 Å². The van der Waals surface area contributed by atoms with E-state index in [0.29, 0.717) is 23.7 Å². The molecule has 1 aromatic carbocycles. The van der Waals surface area contributed by atoms with E-state index in [-0.39, 0.29) is 12.0 Å². The highest BCUT2D eigenvalue weighted by molar-refractivity contribution is 6.30. The van der Waals surface area contributed by atoms with Gasteiger partial charge < -0.3 is 15.0 Å². The number of benzene rings is 1. The van der Waals surface area contributed by atoms with Gasteiger partial charge >= 0.3 is 0 Å². The maximum Gasteiger partial charge on any atom is 0.255 e. The molecule has 0 bridgehead atoms. The van der Waals surface area contributed by atoms with E-state index >= 15 is 0 Å². The number of pyridine rings is 1. The molecule has 1 aliphatic carbocycles. The molecule has 1 saturated heterocycles. The molecule has 142 valence electrons. The third kappa shape index (κ3) is 4.92. The molecule has 2 fully saturated rings. The molecule has 1 aliphatic heterocycles. The zero-order chi connectivity index (χ0) is 18.6. The van der Waals surface area contributed by atoms with Crippen LogP contribution in [0.3, 0.4) is 0 Å². The summed E-state index contributed by atoms with van der Waals surface area (Å²) in [6.45, 7) is 2.36. The minimum atomic E-state index is 0.0428.